The Balaban J connectivity index is 2.31. The predicted molar refractivity (Wildman–Crippen MR) is 71.3 cm³/mol. The third kappa shape index (κ3) is 2.98. The normalized spacial score (nSPS) is 10.5. The van der Waals surface area contributed by atoms with Crippen molar-refractivity contribution >= 4 is 33.3 Å². The van der Waals surface area contributed by atoms with Crippen LogP contribution in [0.5, 0.6) is 0 Å². The van der Waals surface area contributed by atoms with Crippen molar-refractivity contribution in [2.75, 3.05) is 0 Å². The van der Waals surface area contributed by atoms with E-state index in [0.717, 1.165) is 6.07 Å². The average molecular weight is 347 g/mol. The Morgan fingerprint density at radius 1 is 1.32 bits per heavy atom. The van der Waals surface area contributed by atoms with Gasteiger partial charge in [-0.2, -0.15) is 0 Å². The zero-order valence-electron chi connectivity index (χ0n) is 9.46. The first kappa shape index (κ1) is 14.1. The van der Waals surface area contributed by atoms with Gasteiger partial charge in [0.2, 0.25) is 0 Å². The van der Waals surface area contributed by atoms with Crippen LogP contribution in [0.1, 0.15) is 15.9 Å². The van der Waals surface area contributed by atoms with Gasteiger partial charge in [0.1, 0.15) is 0 Å². The summed E-state index contributed by atoms with van der Waals surface area (Å²) in [5, 5.41) is 0.356. The minimum Gasteiger partial charge on any atom is -0.294 e. The molecule has 1 heterocycles. The van der Waals surface area contributed by atoms with Gasteiger partial charge in [0.25, 0.3) is 0 Å². The van der Waals surface area contributed by atoms with Crippen molar-refractivity contribution in [3.63, 3.8) is 0 Å². The molecule has 6 heteroatoms. The lowest BCUT2D eigenvalue weighted by molar-refractivity contribution is 0.0991. The van der Waals surface area contributed by atoms with Crippen LogP contribution in [0.2, 0.25) is 5.02 Å². The second kappa shape index (κ2) is 5.75. The van der Waals surface area contributed by atoms with E-state index >= 15 is 0 Å². The minimum atomic E-state index is -1.08. The number of nitrogens with zero attached hydrogens (tertiary/aromatic N) is 1. The fraction of sp³-hybridized carbons (Fsp3) is 0.0769. The highest BCUT2D eigenvalue weighted by molar-refractivity contribution is 9.10. The minimum absolute atomic E-state index is 0.00890. The zero-order valence-corrected chi connectivity index (χ0v) is 11.8. The monoisotopic (exact) mass is 345 g/mol. The number of pyridine rings is 1. The lowest BCUT2D eigenvalue weighted by Crippen LogP contribution is -2.07. The Morgan fingerprint density at radius 3 is 2.74 bits per heavy atom. The largest absolute Gasteiger partial charge is 0.294 e. The van der Waals surface area contributed by atoms with Gasteiger partial charge in [-0.1, -0.05) is 11.6 Å². The van der Waals surface area contributed by atoms with Gasteiger partial charge in [0.15, 0.2) is 17.4 Å². The molecule has 0 aliphatic carbocycles. The van der Waals surface area contributed by atoms with Crippen LogP contribution in [0.15, 0.2) is 35.1 Å². The van der Waals surface area contributed by atoms with E-state index in [-0.39, 0.29) is 22.2 Å². The number of carbonyl (C=O) groups is 1. The fourth-order valence-corrected chi connectivity index (χ4v) is 2.29. The third-order valence-corrected chi connectivity index (χ3v) is 3.66. The fourth-order valence-electron chi connectivity index (χ4n) is 1.56. The molecule has 2 nitrogen and oxygen atoms in total. The van der Waals surface area contributed by atoms with Crippen LogP contribution in [0, 0.1) is 11.6 Å². The third-order valence-electron chi connectivity index (χ3n) is 2.54. The molecular formula is C13H7BrClF2NO. The summed E-state index contributed by atoms with van der Waals surface area (Å²) in [4.78, 5) is 15.9. The first-order chi connectivity index (χ1) is 9.00. The molecule has 2 aromatic rings. The first-order valence-electron chi connectivity index (χ1n) is 5.25. The molecule has 1 aromatic carbocycles. The Kier molecular flexibility index (Phi) is 4.27. The summed E-state index contributed by atoms with van der Waals surface area (Å²) in [6.45, 7) is 0. The Bertz CT molecular complexity index is 649. The number of carbonyl (C=O) groups excluding carboxylic acids is 1. The van der Waals surface area contributed by atoms with Crippen LogP contribution < -0.4 is 0 Å². The maximum absolute atomic E-state index is 13.4. The number of aromatic nitrogens is 1. The SMILES string of the molecule is O=C(Cc1ccncc1Cl)c1ccc(F)c(F)c1Br. The van der Waals surface area contributed by atoms with Crippen molar-refractivity contribution in [2.24, 2.45) is 0 Å². The maximum Gasteiger partial charge on any atom is 0.173 e. The van der Waals surface area contributed by atoms with Crippen molar-refractivity contribution < 1.29 is 13.6 Å². The van der Waals surface area contributed by atoms with E-state index in [1.54, 1.807) is 6.07 Å². The van der Waals surface area contributed by atoms with Gasteiger partial charge < -0.3 is 0 Å². The number of halogens is 4. The summed E-state index contributed by atoms with van der Waals surface area (Å²) in [6, 6.07) is 3.76. The summed E-state index contributed by atoms with van der Waals surface area (Å²) < 4.78 is 26.1. The standard InChI is InChI=1S/C13H7BrClF2NO/c14-12-8(1-2-10(16)13(12)17)11(19)5-7-3-4-18-6-9(7)15/h1-4,6H,5H2. The smallest absolute Gasteiger partial charge is 0.173 e. The number of hydrogen-bond acceptors (Lipinski definition) is 2. The Hall–Kier alpha value is -1.33. The lowest BCUT2D eigenvalue weighted by atomic mass is 10.0. The van der Waals surface area contributed by atoms with Crippen molar-refractivity contribution in [3.8, 4) is 0 Å². The molecule has 0 aliphatic rings. The van der Waals surface area contributed by atoms with Crippen LogP contribution in [0.25, 0.3) is 0 Å². The van der Waals surface area contributed by atoms with E-state index in [0.29, 0.717) is 10.6 Å². The van der Waals surface area contributed by atoms with E-state index in [4.69, 9.17) is 11.6 Å². The van der Waals surface area contributed by atoms with Gasteiger partial charge in [0.05, 0.1) is 9.50 Å². The molecule has 0 radical (unpaired) electrons. The second-order valence-electron chi connectivity index (χ2n) is 3.79. The molecule has 98 valence electrons. The maximum atomic E-state index is 13.4. The van der Waals surface area contributed by atoms with Crippen LogP contribution in [-0.4, -0.2) is 10.8 Å². The van der Waals surface area contributed by atoms with E-state index in [1.807, 2.05) is 0 Å². The van der Waals surface area contributed by atoms with Gasteiger partial charge in [-0.3, -0.25) is 9.78 Å². The molecule has 0 fully saturated rings. The molecule has 1 aromatic heterocycles. The zero-order chi connectivity index (χ0) is 14.0. The van der Waals surface area contributed by atoms with Gasteiger partial charge >= 0.3 is 0 Å². The number of Topliss-reactive ketones (excluding diaryl/α,β-unsaturated/α-hetero) is 1. The Morgan fingerprint density at radius 2 is 2.05 bits per heavy atom. The van der Waals surface area contributed by atoms with E-state index < -0.39 is 11.6 Å². The molecule has 19 heavy (non-hydrogen) atoms. The predicted octanol–water partition coefficient (Wildman–Crippen LogP) is 4.20. The molecule has 0 amide bonds. The van der Waals surface area contributed by atoms with Crippen LogP contribution in [-0.2, 0) is 6.42 Å². The van der Waals surface area contributed by atoms with E-state index in [1.165, 1.54) is 18.5 Å². The van der Waals surface area contributed by atoms with Crippen LogP contribution in [0.4, 0.5) is 8.78 Å². The summed E-state index contributed by atoms with van der Waals surface area (Å²) in [5.41, 5.74) is 0.657. The number of ketones is 1. The molecule has 0 spiro atoms. The lowest BCUT2D eigenvalue weighted by Gasteiger charge is -2.06. The summed E-state index contributed by atoms with van der Waals surface area (Å²) in [5.74, 6) is -2.45. The quantitative estimate of drug-likeness (QED) is 0.616. The van der Waals surface area contributed by atoms with Crippen molar-refractivity contribution in [1.82, 2.24) is 4.98 Å². The molecule has 0 N–H and O–H groups in total. The van der Waals surface area contributed by atoms with Crippen LogP contribution >= 0.6 is 27.5 Å². The topological polar surface area (TPSA) is 30.0 Å². The molecule has 0 saturated heterocycles. The van der Waals surface area contributed by atoms with E-state index in [9.17, 15) is 13.6 Å². The molecule has 0 bridgehead atoms. The van der Waals surface area contributed by atoms with Crippen molar-refractivity contribution in [2.45, 2.75) is 6.42 Å². The number of hydrogen-bond donors (Lipinski definition) is 0. The molecule has 0 atom stereocenters. The van der Waals surface area contributed by atoms with Gasteiger partial charge in [-0.15, -0.1) is 0 Å². The highest BCUT2D eigenvalue weighted by Crippen LogP contribution is 2.25. The summed E-state index contributed by atoms with van der Waals surface area (Å²) >= 11 is 8.77. The summed E-state index contributed by atoms with van der Waals surface area (Å²) in [6.07, 6.45) is 2.92. The number of benzene rings is 1. The molecule has 2 rings (SSSR count). The second-order valence-corrected chi connectivity index (χ2v) is 4.99. The van der Waals surface area contributed by atoms with Gasteiger partial charge in [0, 0.05) is 24.4 Å². The molecule has 0 saturated carbocycles. The van der Waals surface area contributed by atoms with E-state index in [2.05, 4.69) is 20.9 Å². The highest BCUT2D eigenvalue weighted by atomic mass is 79.9. The molecule has 0 unspecified atom stereocenters. The summed E-state index contributed by atoms with van der Waals surface area (Å²) in [7, 11) is 0. The molecular weight excluding hydrogens is 340 g/mol. The van der Waals surface area contributed by atoms with Crippen molar-refractivity contribution in [3.05, 3.63) is 62.8 Å². The molecule has 0 aliphatic heterocycles. The van der Waals surface area contributed by atoms with Gasteiger partial charge in [-0.05, 0) is 39.7 Å². The van der Waals surface area contributed by atoms with Gasteiger partial charge in [-0.25, -0.2) is 8.78 Å². The Labute approximate surface area is 121 Å². The average Bonchev–Trinajstić information content (AvgIpc) is 2.39. The first-order valence-corrected chi connectivity index (χ1v) is 6.43. The highest BCUT2D eigenvalue weighted by Gasteiger charge is 2.17. The number of rotatable bonds is 3. The van der Waals surface area contributed by atoms with Crippen LogP contribution in [0.3, 0.4) is 0 Å². The van der Waals surface area contributed by atoms with Crippen molar-refractivity contribution in [1.29, 1.82) is 0 Å².